The Labute approximate surface area is 205 Å². The lowest BCUT2D eigenvalue weighted by Crippen LogP contribution is -2.32. The Balaban J connectivity index is 1.48. The molecule has 0 spiro atoms. The van der Waals surface area contributed by atoms with Gasteiger partial charge in [0.2, 0.25) is 5.91 Å². The highest BCUT2D eigenvalue weighted by Gasteiger charge is 2.11. The van der Waals surface area contributed by atoms with Crippen molar-refractivity contribution < 1.29 is 14.3 Å². The van der Waals surface area contributed by atoms with Crippen LogP contribution >= 0.6 is 12.2 Å². The quantitative estimate of drug-likeness (QED) is 0.313. The van der Waals surface area contributed by atoms with E-state index in [2.05, 4.69) is 16.0 Å². The minimum atomic E-state index is -0.350. The highest BCUT2D eigenvalue weighted by atomic mass is 32.1. The summed E-state index contributed by atoms with van der Waals surface area (Å²) in [5, 5.41) is 8.69. The number of benzene rings is 3. The molecule has 3 N–H and O–H groups in total. The summed E-state index contributed by atoms with van der Waals surface area (Å²) in [6, 6.07) is 23.9. The molecule has 3 aromatic rings. The molecule has 0 aliphatic heterocycles. The van der Waals surface area contributed by atoms with Crippen molar-refractivity contribution in [3.8, 4) is 5.75 Å². The largest absolute Gasteiger partial charge is 0.494 e. The van der Waals surface area contributed by atoms with Crippen LogP contribution in [0.3, 0.4) is 0 Å². The van der Waals surface area contributed by atoms with Crippen molar-refractivity contribution in [3.63, 3.8) is 0 Å². The maximum Gasteiger partial charge on any atom is 0.251 e. The maximum atomic E-state index is 12.5. The summed E-state index contributed by atoms with van der Waals surface area (Å²) in [5.41, 5.74) is 3.09. The number of ether oxygens (including phenoxy) is 1. The van der Waals surface area contributed by atoms with Gasteiger partial charge in [0, 0.05) is 17.3 Å². The molecule has 0 bridgehead atoms. The van der Waals surface area contributed by atoms with Crippen LogP contribution in [0.5, 0.6) is 5.75 Å². The van der Waals surface area contributed by atoms with Crippen LogP contribution in [0.2, 0.25) is 0 Å². The first kappa shape index (κ1) is 24.7. The monoisotopic (exact) mass is 473 g/mol. The lowest BCUT2D eigenvalue weighted by molar-refractivity contribution is -0.115. The molecule has 7 heteroatoms. The van der Waals surface area contributed by atoms with Crippen molar-refractivity contribution in [1.82, 2.24) is 10.6 Å². The minimum Gasteiger partial charge on any atom is -0.494 e. The number of carbonyl (C=O) groups excluding carboxylic acids is 2. The molecule has 0 radical (unpaired) electrons. The van der Waals surface area contributed by atoms with Gasteiger partial charge in [-0.3, -0.25) is 14.9 Å². The maximum absolute atomic E-state index is 12.5. The first-order valence-electron chi connectivity index (χ1n) is 10.9. The molecule has 0 saturated heterocycles. The highest BCUT2D eigenvalue weighted by Crippen LogP contribution is 2.15. The van der Waals surface area contributed by atoms with Crippen LogP contribution in [-0.2, 0) is 4.79 Å². The SMILES string of the molecule is CCOc1ccc(/C=C/C(=O)NC(=S)Nc2ccc(C(=O)NC(C)c3ccccc3)cc2)cc1. The molecule has 0 aromatic heterocycles. The molecule has 3 rings (SSSR count). The third kappa shape index (κ3) is 7.56. The number of anilines is 1. The highest BCUT2D eigenvalue weighted by molar-refractivity contribution is 7.80. The van der Waals surface area contributed by atoms with E-state index in [1.807, 2.05) is 68.4 Å². The van der Waals surface area contributed by atoms with E-state index in [0.29, 0.717) is 17.9 Å². The van der Waals surface area contributed by atoms with E-state index < -0.39 is 0 Å². The smallest absolute Gasteiger partial charge is 0.251 e. The number of amides is 2. The molecule has 174 valence electrons. The first-order valence-corrected chi connectivity index (χ1v) is 11.3. The Morgan fingerprint density at radius 1 is 0.971 bits per heavy atom. The molecule has 1 unspecified atom stereocenters. The first-order chi connectivity index (χ1) is 16.4. The lowest BCUT2D eigenvalue weighted by Gasteiger charge is -2.14. The predicted octanol–water partition coefficient (Wildman–Crippen LogP) is 5.10. The van der Waals surface area contributed by atoms with Gasteiger partial charge in [-0.2, -0.15) is 0 Å². The molecule has 3 aromatic carbocycles. The predicted molar refractivity (Wildman–Crippen MR) is 140 cm³/mol. The summed E-state index contributed by atoms with van der Waals surface area (Å²) in [6.45, 7) is 4.47. The van der Waals surface area contributed by atoms with Gasteiger partial charge in [0.25, 0.3) is 5.91 Å². The summed E-state index contributed by atoms with van der Waals surface area (Å²) in [6.07, 6.45) is 3.10. The van der Waals surface area contributed by atoms with Crippen LogP contribution in [0.15, 0.2) is 84.9 Å². The van der Waals surface area contributed by atoms with Crippen molar-refractivity contribution in [2.45, 2.75) is 19.9 Å². The second-order valence-corrected chi connectivity index (χ2v) is 7.87. The molecule has 2 amide bonds. The zero-order valence-corrected chi connectivity index (χ0v) is 19.9. The topological polar surface area (TPSA) is 79.5 Å². The van der Waals surface area contributed by atoms with Gasteiger partial charge in [-0.15, -0.1) is 0 Å². The summed E-state index contributed by atoms with van der Waals surface area (Å²) < 4.78 is 5.40. The summed E-state index contributed by atoms with van der Waals surface area (Å²) in [4.78, 5) is 24.7. The molecule has 0 fully saturated rings. The Morgan fingerprint density at radius 3 is 2.29 bits per heavy atom. The molecule has 34 heavy (non-hydrogen) atoms. The van der Waals surface area contributed by atoms with Crippen LogP contribution < -0.4 is 20.7 Å². The van der Waals surface area contributed by atoms with Crippen molar-refractivity contribution >= 4 is 40.9 Å². The molecule has 0 aliphatic carbocycles. The molecule has 1 atom stereocenters. The van der Waals surface area contributed by atoms with Gasteiger partial charge in [-0.1, -0.05) is 42.5 Å². The van der Waals surface area contributed by atoms with E-state index >= 15 is 0 Å². The molecular formula is C27H27N3O3S. The fraction of sp³-hybridized carbons (Fsp3) is 0.148. The van der Waals surface area contributed by atoms with E-state index in [-0.39, 0.29) is 23.0 Å². The number of thiocarbonyl (C=S) groups is 1. The normalized spacial score (nSPS) is 11.5. The average molecular weight is 474 g/mol. The van der Waals surface area contributed by atoms with Crippen LogP contribution in [0.4, 0.5) is 5.69 Å². The van der Waals surface area contributed by atoms with E-state index in [9.17, 15) is 9.59 Å². The number of hydrogen-bond donors (Lipinski definition) is 3. The molecule has 0 heterocycles. The van der Waals surface area contributed by atoms with Gasteiger partial charge in [0.15, 0.2) is 5.11 Å². The Morgan fingerprint density at radius 2 is 1.65 bits per heavy atom. The van der Waals surface area contributed by atoms with Gasteiger partial charge >= 0.3 is 0 Å². The van der Waals surface area contributed by atoms with Gasteiger partial charge in [0.1, 0.15) is 5.75 Å². The van der Waals surface area contributed by atoms with Crippen molar-refractivity contribution in [1.29, 1.82) is 0 Å². The van der Waals surface area contributed by atoms with E-state index in [4.69, 9.17) is 17.0 Å². The van der Waals surface area contributed by atoms with E-state index in [1.54, 1.807) is 30.3 Å². The number of rotatable bonds is 8. The van der Waals surface area contributed by atoms with E-state index in [1.165, 1.54) is 6.08 Å². The Bertz CT molecular complexity index is 1140. The Kier molecular flexibility index (Phi) is 8.94. The second kappa shape index (κ2) is 12.3. The van der Waals surface area contributed by atoms with Crippen molar-refractivity contribution in [2.24, 2.45) is 0 Å². The summed E-state index contributed by atoms with van der Waals surface area (Å²) in [7, 11) is 0. The van der Waals surface area contributed by atoms with Crippen molar-refractivity contribution in [3.05, 3.63) is 102 Å². The summed E-state index contributed by atoms with van der Waals surface area (Å²) >= 11 is 5.21. The van der Waals surface area contributed by atoms with Gasteiger partial charge in [0.05, 0.1) is 12.6 Å². The third-order valence-electron chi connectivity index (χ3n) is 4.91. The zero-order valence-electron chi connectivity index (χ0n) is 19.1. The van der Waals surface area contributed by atoms with Gasteiger partial charge < -0.3 is 15.4 Å². The van der Waals surface area contributed by atoms with Crippen LogP contribution in [0.25, 0.3) is 6.08 Å². The number of carbonyl (C=O) groups is 2. The standard InChI is InChI=1S/C27H27N3O3S/c1-3-33-24-16-9-20(10-17-24)11-18-25(31)30-27(34)29-23-14-12-22(13-15-23)26(32)28-19(2)21-7-5-4-6-8-21/h4-19H,3H2,1-2H3,(H,28,32)(H2,29,30,31,34)/b18-11+. The minimum absolute atomic E-state index is 0.107. The Hall–Kier alpha value is -3.97. The third-order valence-corrected chi connectivity index (χ3v) is 5.11. The van der Waals surface area contributed by atoms with Gasteiger partial charge in [-0.25, -0.2) is 0 Å². The van der Waals surface area contributed by atoms with E-state index in [0.717, 1.165) is 16.9 Å². The van der Waals surface area contributed by atoms with Crippen molar-refractivity contribution in [2.75, 3.05) is 11.9 Å². The lowest BCUT2D eigenvalue weighted by atomic mass is 10.1. The fourth-order valence-electron chi connectivity index (χ4n) is 3.14. The fourth-order valence-corrected chi connectivity index (χ4v) is 3.36. The van der Waals surface area contributed by atoms with Crippen LogP contribution in [0, 0.1) is 0 Å². The molecule has 0 aliphatic rings. The van der Waals surface area contributed by atoms with Gasteiger partial charge in [-0.05, 0) is 79.7 Å². The molecular weight excluding hydrogens is 446 g/mol. The average Bonchev–Trinajstić information content (AvgIpc) is 2.84. The number of hydrogen-bond acceptors (Lipinski definition) is 4. The second-order valence-electron chi connectivity index (χ2n) is 7.46. The van der Waals surface area contributed by atoms with Crippen LogP contribution in [-0.4, -0.2) is 23.5 Å². The number of nitrogens with one attached hydrogen (secondary N) is 3. The molecule has 0 saturated carbocycles. The van der Waals surface area contributed by atoms with Crippen LogP contribution in [0.1, 0.15) is 41.4 Å². The molecule has 6 nitrogen and oxygen atoms in total. The zero-order chi connectivity index (χ0) is 24.3. The summed E-state index contributed by atoms with van der Waals surface area (Å²) in [5.74, 6) is 0.263.